The number of anilines is 1. The van der Waals surface area contributed by atoms with Gasteiger partial charge in [-0.1, -0.05) is 0 Å². The van der Waals surface area contributed by atoms with E-state index < -0.39 is 4.92 Å². The first kappa shape index (κ1) is 10.7. The third kappa shape index (κ3) is 2.25. The summed E-state index contributed by atoms with van der Waals surface area (Å²) in [5.74, 6) is 0.396. The molecule has 0 amide bonds. The molecule has 2 atom stereocenters. The summed E-state index contributed by atoms with van der Waals surface area (Å²) >= 11 is 0. The first-order valence-corrected chi connectivity index (χ1v) is 5.01. The lowest BCUT2D eigenvalue weighted by Crippen LogP contribution is -2.27. The van der Waals surface area contributed by atoms with Gasteiger partial charge in [0.05, 0.1) is 17.1 Å². The highest BCUT2D eigenvalue weighted by Gasteiger charge is 2.24. The largest absolute Gasteiger partial charge is 0.376 e. The summed E-state index contributed by atoms with van der Waals surface area (Å²) in [6, 6.07) is 0.168. The molecule has 1 aliphatic rings. The smallest absolute Gasteiger partial charge is 0.305 e. The zero-order chi connectivity index (χ0) is 11.5. The zero-order valence-corrected chi connectivity index (χ0v) is 8.79. The Bertz CT molecular complexity index is 381. The summed E-state index contributed by atoms with van der Waals surface area (Å²) in [7, 11) is 0. The first-order valence-electron chi connectivity index (χ1n) is 5.01. The quantitative estimate of drug-likeness (QED) is 0.607. The molecule has 1 N–H and O–H groups in total. The van der Waals surface area contributed by atoms with Gasteiger partial charge in [-0.3, -0.25) is 10.1 Å². The van der Waals surface area contributed by atoms with Crippen molar-refractivity contribution in [1.29, 1.82) is 0 Å². The first-order chi connectivity index (χ1) is 7.66. The van der Waals surface area contributed by atoms with Crippen molar-refractivity contribution in [3.63, 3.8) is 0 Å². The minimum absolute atomic E-state index is 0.110. The Morgan fingerprint density at radius 2 is 2.25 bits per heavy atom. The summed E-state index contributed by atoms with van der Waals surface area (Å²) in [6.45, 7) is 2.68. The van der Waals surface area contributed by atoms with E-state index in [1.54, 1.807) is 0 Å². The Labute approximate surface area is 92.0 Å². The maximum absolute atomic E-state index is 10.4. The Balaban J connectivity index is 2.02. The monoisotopic (exact) mass is 224 g/mol. The van der Waals surface area contributed by atoms with Gasteiger partial charge < -0.3 is 10.1 Å². The third-order valence-electron chi connectivity index (χ3n) is 2.54. The summed E-state index contributed by atoms with van der Waals surface area (Å²) in [4.78, 5) is 17.6. The maximum atomic E-state index is 10.4. The summed E-state index contributed by atoms with van der Waals surface area (Å²) < 4.78 is 5.37. The van der Waals surface area contributed by atoms with Gasteiger partial charge in [0.2, 0.25) is 5.95 Å². The second kappa shape index (κ2) is 4.40. The number of hydrogen-bond donors (Lipinski definition) is 1. The van der Waals surface area contributed by atoms with Crippen molar-refractivity contribution in [2.24, 2.45) is 0 Å². The molecule has 16 heavy (non-hydrogen) atoms. The number of hydrogen-bond acceptors (Lipinski definition) is 6. The van der Waals surface area contributed by atoms with E-state index in [0.29, 0.717) is 12.6 Å². The molecule has 1 aliphatic heterocycles. The molecule has 1 fully saturated rings. The van der Waals surface area contributed by atoms with Crippen LogP contribution in [0.15, 0.2) is 12.4 Å². The fourth-order valence-electron chi connectivity index (χ4n) is 1.58. The van der Waals surface area contributed by atoms with E-state index in [2.05, 4.69) is 15.3 Å². The van der Waals surface area contributed by atoms with Crippen LogP contribution in [0.4, 0.5) is 11.6 Å². The van der Waals surface area contributed by atoms with Crippen LogP contribution in [0.25, 0.3) is 0 Å². The van der Waals surface area contributed by atoms with Gasteiger partial charge in [0.15, 0.2) is 0 Å². The molecule has 0 aromatic carbocycles. The molecule has 2 unspecified atom stereocenters. The molecule has 86 valence electrons. The molecule has 1 aromatic rings. The predicted molar refractivity (Wildman–Crippen MR) is 56.1 cm³/mol. The lowest BCUT2D eigenvalue weighted by atomic mass is 10.2. The van der Waals surface area contributed by atoms with E-state index in [0.717, 1.165) is 6.42 Å². The predicted octanol–water partition coefficient (Wildman–Crippen LogP) is 0.974. The Morgan fingerprint density at radius 3 is 2.75 bits per heavy atom. The topological polar surface area (TPSA) is 90.2 Å². The lowest BCUT2D eigenvalue weighted by Gasteiger charge is -2.15. The minimum atomic E-state index is -0.523. The molecular formula is C9H12N4O3. The highest BCUT2D eigenvalue weighted by molar-refractivity contribution is 5.32. The van der Waals surface area contributed by atoms with Crippen molar-refractivity contribution in [3.05, 3.63) is 22.5 Å². The van der Waals surface area contributed by atoms with Gasteiger partial charge in [0, 0.05) is 6.61 Å². The van der Waals surface area contributed by atoms with E-state index in [1.165, 1.54) is 12.4 Å². The molecule has 1 aromatic heterocycles. The van der Waals surface area contributed by atoms with Gasteiger partial charge in [0.25, 0.3) is 0 Å². The van der Waals surface area contributed by atoms with Crippen LogP contribution in [0.3, 0.4) is 0 Å². The third-order valence-corrected chi connectivity index (χ3v) is 2.54. The van der Waals surface area contributed by atoms with Gasteiger partial charge in [0.1, 0.15) is 12.4 Å². The second-order valence-corrected chi connectivity index (χ2v) is 3.64. The standard InChI is InChI=1S/C9H12N4O3/c1-6-8(2-3-16-6)12-9-10-4-7(5-11-9)13(14)15/h4-6,8H,2-3H2,1H3,(H,10,11,12). The highest BCUT2D eigenvalue weighted by atomic mass is 16.6. The molecule has 7 heteroatoms. The van der Waals surface area contributed by atoms with Crippen LogP contribution in [0.2, 0.25) is 0 Å². The molecule has 0 aliphatic carbocycles. The van der Waals surface area contributed by atoms with Crippen LogP contribution < -0.4 is 5.32 Å². The van der Waals surface area contributed by atoms with Gasteiger partial charge in [-0.2, -0.15) is 0 Å². The maximum Gasteiger partial charge on any atom is 0.305 e. The van der Waals surface area contributed by atoms with Crippen molar-refractivity contribution in [1.82, 2.24) is 9.97 Å². The molecule has 0 radical (unpaired) electrons. The van der Waals surface area contributed by atoms with Crippen LogP contribution in [0.5, 0.6) is 0 Å². The van der Waals surface area contributed by atoms with E-state index in [-0.39, 0.29) is 17.8 Å². The number of nitrogens with one attached hydrogen (secondary N) is 1. The molecular weight excluding hydrogens is 212 g/mol. The van der Waals surface area contributed by atoms with Crippen LogP contribution in [0.1, 0.15) is 13.3 Å². The van der Waals surface area contributed by atoms with E-state index in [1.807, 2.05) is 6.92 Å². The molecule has 0 spiro atoms. The molecule has 0 bridgehead atoms. The SMILES string of the molecule is CC1OCCC1Nc1ncc([N+](=O)[O-])cn1. The number of ether oxygens (including phenoxy) is 1. The fourth-order valence-corrected chi connectivity index (χ4v) is 1.58. The van der Waals surface area contributed by atoms with Gasteiger partial charge >= 0.3 is 5.69 Å². The molecule has 0 saturated carbocycles. The fraction of sp³-hybridized carbons (Fsp3) is 0.556. The molecule has 7 nitrogen and oxygen atoms in total. The van der Waals surface area contributed by atoms with Crippen molar-refractivity contribution < 1.29 is 9.66 Å². The number of aromatic nitrogens is 2. The van der Waals surface area contributed by atoms with Gasteiger partial charge in [-0.15, -0.1) is 0 Å². The van der Waals surface area contributed by atoms with Crippen LogP contribution in [-0.2, 0) is 4.74 Å². The van der Waals surface area contributed by atoms with Gasteiger partial charge in [-0.25, -0.2) is 9.97 Å². The van der Waals surface area contributed by atoms with Crippen molar-refractivity contribution in [2.45, 2.75) is 25.5 Å². The normalized spacial score (nSPS) is 24.3. The van der Waals surface area contributed by atoms with Crippen LogP contribution in [-0.4, -0.2) is 33.6 Å². The lowest BCUT2D eigenvalue weighted by molar-refractivity contribution is -0.385. The van der Waals surface area contributed by atoms with E-state index in [9.17, 15) is 10.1 Å². The van der Waals surface area contributed by atoms with E-state index >= 15 is 0 Å². The number of nitro groups is 1. The summed E-state index contributed by atoms with van der Waals surface area (Å²) in [6.07, 6.45) is 3.38. The summed E-state index contributed by atoms with van der Waals surface area (Å²) in [5.41, 5.74) is -0.110. The second-order valence-electron chi connectivity index (χ2n) is 3.64. The Hall–Kier alpha value is -1.76. The van der Waals surface area contributed by atoms with Crippen molar-refractivity contribution in [2.75, 3.05) is 11.9 Å². The van der Waals surface area contributed by atoms with Crippen molar-refractivity contribution in [3.8, 4) is 0 Å². The molecule has 2 rings (SSSR count). The minimum Gasteiger partial charge on any atom is -0.376 e. The zero-order valence-electron chi connectivity index (χ0n) is 8.79. The number of rotatable bonds is 3. The van der Waals surface area contributed by atoms with E-state index in [4.69, 9.17) is 4.74 Å². The number of nitrogens with zero attached hydrogens (tertiary/aromatic N) is 3. The molecule has 1 saturated heterocycles. The highest BCUT2D eigenvalue weighted by Crippen LogP contribution is 2.17. The van der Waals surface area contributed by atoms with Crippen molar-refractivity contribution >= 4 is 11.6 Å². The van der Waals surface area contributed by atoms with Crippen LogP contribution >= 0.6 is 0 Å². The summed E-state index contributed by atoms with van der Waals surface area (Å²) in [5, 5.41) is 13.5. The Kier molecular flexibility index (Phi) is 2.95. The average Bonchev–Trinajstić information content (AvgIpc) is 2.65. The van der Waals surface area contributed by atoms with Crippen LogP contribution in [0, 0.1) is 10.1 Å². The Morgan fingerprint density at radius 1 is 1.56 bits per heavy atom. The molecule has 2 heterocycles. The van der Waals surface area contributed by atoms with Gasteiger partial charge in [-0.05, 0) is 13.3 Å². The average molecular weight is 224 g/mol.